The predicted molar refractivity (Wildman–Crippen MR) is 87.8 cm³/mol. The Kier molecular flexibility index (Phi) is 3.55. The first-order valence-corrected chi connectivity index (χ1v) is 7.41. The molecule has 0 saturated heterocycles. The Morgan fingerprint density at radius 3 is 2.67 bits per heavy atom. The second-order valence-corrected chi connectivity index (χ2v) is 5.82. The molecule has 0 spiro atoms. The zero-order valence-corrected chi connectivity index (χ0v) is 13.3. The molecule has 3 aromatic rings. The molecule has 0 unspecified atom stereocenters. The van der Waals surface area contributed by atoms with Crippen molar-refractivity contribution in [1.29, 1.82) is 0 Å². The van der Waals surface area contributed by atoms with Gasteiger partial charge in [0.1, 0.15) is 5.58 Å². The second kappa shape index (κ2) is 5.37. The molecule has 21 heavy (non-hydrogen) atoms. The predicted octanol–water partition coefficient (Wildman–Crippen LogP) is 5.06. The monoisotopic (exact) mass is 343 g/mol. The second-order valence-electron chi connectivity index (χ2n) is 4.96. The summed E-state index contributed by atoms with van der Waals surface area (Å²) in [5.74, 6) is 0.0598. The maximum absolute atomic E-state index is 12.3. The van der Waals surface area contributed by atoms with E-state index in [4.69, 9.17) is 4.42 Å². The van der Waals surface area contributed by atoms with E-state index in [9.17, 15) is 4.79 Å². The molecule has 106 valence electrons. The first-order valence-electron chi connectivity index (χ1n) is 6.62. The van der Waals surface area contributed by atoms with Gasteiger partial charge in [0, 0.05) is 15.5 Å². The van der Waals surface area contributed by atoms with Crippen LogP contribution in [0.25, 0.3) is 11.0 Å². The molecule has 0 atom stereocenters. The lowest BCUT2D eigenvalue weighted by Crippen LogP contribution is -2.12. The van der Waals surface area contributed by atoms with E-state index < -0.39 is 0 Å². The molecule has 4 heteroatoms. The quantitative estimate of drug-likeness (QED) is 0.706. The summed E-state index contributed by atoms with van der Waals surface area (Å²) in [4.78, 5) is 12.3. The van der Waals surface area contributed by atoms with E-state index in [1.807, 2.05) is 50.2 Å². The van der Waals surface area contributed by atoms with Crippen molar-refractivity contribution in [2.45, 2.75) is 13.8 Å². The van der Waals surface area contributed by atoms with Gasteiger partial charge < -0.3 is 9.73 Å². The van der Waals surface area contributed by atoms with Crippen LogP contribution < -0.4 is 5.32 Å². The summed E-state index contributed by atoms with van der Waals surface area (Å²) in [7, 11) is 0. The van der Waals surface area contributed by atoms with E-state index in [1.165, 1.54) is 0 Å². The summed E-state index contributed by atoms with van der Waals surface area (Å²) in [6, 6.07) is 13.2. The number of furan rings is 1. The highest BCUT2D eigenvalue weighted by molar-refractivity contribution is 9.10. The molecular formula is C17H14BrNO2. The summed E-state index contributed by atoms with van der Waals surface area (Å²) in [6.07, 6.45) is 0. The fourth-order valence-electron chi connectivity index (χ4n) is 2.21. The molecule has 0 fully saturated rings. The minimum atomic E-state index is -0.244. The van der Waals surface area contributed by atoms with Gasteiger partial charge in [-0.2, -0.15) is 0 Å². The number of anilines is 1. The topological polar surface area (TPSA) is 42.2 Å². The molecule has 3 nitrogen and oxygen atoms in total. The first kappa shape index (κ1) is 13.9. The van der Waals surface area contributed by atoms with Gasteiger partial charge in [0.25, 0.3) is 5.91 Å². The number of carbonyl (C=O) groups excluding carboxylic acids is 1. The van der Waals surface area contributed by atoms with Gasteiger partial charge in [0.15, 0.2) is 5.76 Å². The van der Waals surface area contributed by atoms with Crippen molar-refractivity contribution in [2.75, 3.05) is 5.32 Å². The SMILES string of the molecule is Cc1cccc(NC(=O)c2cc3c(Br)cccc3o2)c1C. The van der Waals surface area contributed by atoms with Crippen LogP contribution in [-0.2, 0) is 0 Å². The third-order valence-electron chi connectivity index (χ3n) is 3.58. The third kappa shape index (κ3) is 2.59. The zero-order valence-electron chi connectivity index (χ0n) is 11.7. The Balaban J connectivity index is 1.94. The van der Waals surface area contributed by atoms with Crippen molar-refractivity contribution in [1.82, 2.24) is 0 Å². The molecule has 0 aliphatic carbocycles. The molecule has 0 aliphatic rings. The van der Waals surface area contributed by atoms with E-state index >= 15 is 0 Å². The Morgan fingerprint density at radius 2 is 1.90 bits per heavy atom. The molecule has 0 aliphatic heterocycles. The van der Waals surface area contributed by atoms with E-state index in [2.05, 4.69) is 21.2 Å². The standard InChI is InChI=1S/C17H14BrNO2/c1-10-5-3-7-14(11(10)2)19-17(20)16-9-12-13(18)6-4-8-15(12)21-16/h3-9H,1-2H3,(H,19,20). The maximum Gasteiger partial charge on any atom is 0.291 e. The average Bonchev–Trinajstić information content (AvgIpc) is 2.89. The minimum Gasteiger partial charge on any atom is -0.451 e. The highest BCUT2D eigenvalue weighted by Gasteiger charge is 2.14. The Bertz CT molecular complexity index is 836. The van der Waals surface area contributed by atoms with Gasteiger partial charge in [-0.25, -0.2) is 0 Å². The minimum absolute atomic E-state index is 0.244. The molecule has 3 rings (SSSR count). The molecule has 0 saturated carbocycles. The Morgan fingerprint density at radius 1 is 1.14 bits per heavy atom. The van der Waals surface area contributed by atoms with Crippen molar-refractivity contribution in [3.8, 4) is 0 Å². The molecule has 0 bridgehead atoms. The average molecular weight is 344 g/mol. The number of halogens is 1. The summed E-state index contributed by atoms with van der Waals surface area (Å²) >= 11 is 3.46. The van der Waals surface area contributed by atoms with Crippen LogP contribution in [0.2, 0.25) is 0 Å². The van der Waals surface area contributed by atoms with Crippen molar-refractivity contribution >= 4 is 38.5 Å². The van der Waals surface area contributed by atoms with Gasteiger partial charge in [0.05, 0.1) is 0 Å². The maximum atomic E-state index is 12.3. The van der Waals surface area contributed by atoms with Crippen molar-refractivity contribution in [3.05, 3.63) is 63.8 Å². The number of hydrogen-bond acceptors (Lipinski definition) is 2. The smallest absolute Gasteiger partial charge is 0.291 e. The van der Waals surface area contributed by atoms with E-state index in [1.54, 1.807) is 6.07 Å². The number of aryl methyl sites for hydroxylation is 1. The van der Waals surface area contributed by atoms with Gasteiger partial charge in [-0.1, -0.05) is 34.1 Å². The number of nitrogens with one attached hydrogen (secondary N) is 1. The van der Waals surface area contributed by atoms with Crippen molar-refractivity contribution in [3.63, 3.8) is 0 Å². The largest absolute Gasteiger partial charge is 0.451 e. The van der Waals surface area contributed by atoms with Gasteiger partial charge in [-0.3, -0.25) is 4.79 Å². The highest BCUT2D eigenvalue weighted by atomic mass is 79.9. The van der Waals surface area contributed by atoms with Crippen LogP contribution in [0.3, 0.4) is 0 Å². The number of rotatable bonds is 2. The van der Waals surface area contributed by atoms with Gasteiger partial charge in [0.2, 0.25) is 0 Å². The number of hydrogen-bond donors (Lipinski definition) is 1. The van der Waals surface area contributed by atoms with Crippen LogP contribution in [-0.4, -0.2) is 5.91 Å². The van der Waals surface area contributed by atoms with Crippen LogP contribution >= 0.6 is 15.9 Å². The van der Waals surface area contributed by atoms with Crippen molar-refractivity contribution < 1.29 is 9.21 Å². The zero-order chi connectivity index (χ0) is 15.0. The fourth-order valence-corrected chi connectivity index (χ4v) is 2.67. The van der Waals surface area contributed by atoms with E-state index in [-0.39, 0.29) is 5.91 Å². The van der Waals surface area contributed by atoms with Gasteiger partial charge in [-0.15, -0.1) is 0 Å². The lowest BCUT2D eigenvalue weighted by atomic mass is 10.1. The molecule has 1 heterocycles. The van der Waals surface area contributed by atoms with E-state index in [0.717, 1.165) is 26.7 Å². The summed E-state index contributed by atoms with van der Waals surface area (Å²) in [5, 5.41) is 3.79. The molecule has 0 radical (unpaired) electrons. The number of amides is 1. The molecule has 1 amide bonds. The third-order valence-corrected chi connectivity index (χ3v) is 4.28. The first-order chi connectivity index (χ1) is 10.1. The molecule has 2 aromatic carbocycles. The van der Waals surface area contributed by atoms with Crippen LogP contribution in [0.15, 0.2) is 51.4 Å². The summed E-state index contributed by atoms with van der Waals surface area (Å²) < 4.78 is 6.52. The van der Waals surface area contributed by atoms with Crippen LogP contribution in [0.5, 0.6) is 0 Å². The highest BCUT2D eigenvalue weighted by Crippen LogP contribution is 2.27. The summed E-state index contributed by atoms with van der Waals surface area (Å²) in [6.45, 7) is 4.00. The lowest BCUT2D eigenvalue weighted by Gasteiger charge is -2.08. The van der Waals surface area contributed by atoms with Crippen molar-refractivity contribution in [2.24, 2.45) is 0 Å². The molecular weight excluding hydrogens is 330 g/mol. The normalized spacial score (nSPS) is 10.8. The number of benzene rings is 2. The Hall–Kier alpha value is -2.07. The van der Waals surface area contributed by atoms with Crippen LogP contribution in [0, 0.1) is 13.8 Å². The van der Waals surface area contributed by atoms with Crippen LogP contribution in [0.4, 0.5) is 5.69 Å². The lowest BCUT2D eigenvalue weighted by molar-refractivity contribution is 0.0998. The van der Waals surface area contributed by atoms with Gasteiger partial charge >= 0.3 is 0 Å². The Labute approximate surface area is 131 Å². The fraction of sp³-hybridized carbons (Fsp3) is 0.118. The number of carbonyl (C=O) groups is 1. The van der Waals surface area contributed by atoms with Crippen LogP contribution in [0.1, 0.15) is 21.7 Å². The summed E-state index contributed by atoms with van der Waals surface area (Å²) in [5.41, 5.74) is 3.69. The van der Waals surface area contributed by atoms with E-state index in [0.29, 0.717) is 11.3 Å². The number of fused-ring (bicyclic) bond motifs is 1. The molecule has 1 N–H and O–H groups in total. The molecule has 1 aromatic heterocycles. The van der Waals surface area contributed by atoms with Gasteiger partial charge in [-0.05, 0) is 49.2 Å².